The second kappa shape index (κ2) is 6.45. The largest absolute Gasteiger partial charge is 0.411 e. The number of nitrogens with one attached hydrogen (secondary N) is 1. The molecule has 0 heterocycles. The van der Waals surface area contributed by atoms with Gasteiger partial charge in [-0.1, -0.05) is 12.8 Å². The molecular weight excluding hydrogens is 219 g/mol. The molecule has 1 aliphatic rings. The fourth-order valence-corrected chi connectivity index (χ4v) is 2.36. The molecule has 0 radical (unpaired) electrons. The molecule has 1 saturated carbocycles. The van der Waals surface area contributed by atoms with E-state index in [-0.39, 0.29) is 6.61 Å². The molecule has 0 saturated heterocycles. The highest BCUT2D eigenvalue weighted by Gasteiger charge is 2.28. The van der Waals surface area contributed by atoms with Crippen LogP contribution in [0.1, 0.15) is 32.1 Å². The van der Waals surface area contributed by atoms with Crippen molar-refractivity contribution >= 4 is 0 Å². The van der Waals surface area contributed by atoms with Gasteiger partial charge in [-0.15, -0.1) is 0 Å². The summed E-state index contributed by atoms with van der Waals surface area (Å²) in [5, 5.41) is 3.23. The Morgan fingerprint density at radius 3 is 2.56 bits per heavy atom. The van der Waals surface area contributed by atoms with Crippen molar-refractivity contribution in [2.24, 2.45) is 5.92 Å². The molecule has 2 nitrogen and oxygen atoms in total. The maximum absolute atomic E-state index is 11.8. The van der Waals surface area contributed by atoms with E-state index >= 15 is 0 Å². The highest BCUT2D eigenvalue weighted by Crippen LogP contribution is 2.27. The highest BCUT2D eigenvalue weighted by atomic mass is 19.4. The van der Waals surface area contributed by atoms with Gasteiger partial charge in [0.2, 0.25) is 0 Å². The van der Waals surface area contributed by atoms with Gasteiger partial charge in [-0.25, -0.2) is 0 Å². The van der Waals surface area contributed by atoms with Gasteiger partial charge < -0.3 is 10.1 Å². The molecule has 0 amide bonds. The Hall–Kier alpha value is -0.290. The van der Waals surface area contributed by atoms with Gasteiger partial charge in [-0.3, -0.25) is 0 Å². The van der Waals surface area contributed by atoms with Gasteiger partial charge in [0.1, 0.15) is 6.61 Å². The molecular formula is C11H20F3NO. The van der Waals surface area contributed by atoms with Crippen molar-refractivity contribution in [3.8, 4) is 0 Å². The molecule has 5 heteroatoms. The molecule has 0 aromatic rings. The maximum atomic E-state index is 11.8. The van der Waals surface area contributed by atoms with Crippen LogP contribution in [0.25, 0.3) is 0 Å². The summed E-state index contributed by atoms with van der Waals surface area (Å²) in [6.07, 6.45) is 1.14. The van der Waals surface area contributed by atoms with E-state index in [1.807, 2.05) is 7.05 Å². The lowest BCUT2D eigenvalue weighted by Crippen LogP contribution is -2.36. The molecule has 0 bridgehead atoms. The second-order valence-corrected chi connectivity index (χ2v) is 4.40. The van der Waals surface area contributed by atoms with Gasteiger partial charge in [0.05, 0.1) is 0 Å². The smallest absolute Gasteiger partial charge is 0.372 e. The second-order valence-electron chi connectivity index (χ2n) is 4.40. The third-order valence-electron chi connectivity index (χ3n) is 3.18. The summed E-state index contributed by atoms with van der Waals surface area (Å²) in [6.45, 7) is -0.910. The minimum atomic E-state index is -4.20. The number of alkyl halides is 3. The zero-order valence-electron chi connectivity index (χ0n) is 9.65. The number of halogens is 3. The lowest BCUT2D eigenvalue weighted by Gasteiger charge is -2.31. The van der Waals surface area contributed by atoms with Crippen LogP contribution < -0.4 is 5.32 Å². The predicted octanol–water partition coefficient (Wildman–Crippen LogP) is 2.73. The predicted molar refractivity (Wildman–Crippen MR) is 56.3 cm³/mol. The molecule has 0 aromatic carbocycles. The molecule has 1 N–H and O–H groups in total. The fourth-order valence-electron chi connectivity index (χ4n) is 2.36. The lowest BCUT2D eigenvalue weighted by molar-refractivity contribution is -0.174. The first kappa shape index (κ1) is 13.8. The fraction of sp³-hybridized carbons (Fsp3) is 1.00. The van der Waals surface area contributed by atoms with Gasteiger partial charge >= 0.3 is 6.18 Å². The average Bonchev–Trinajstić information content (AvgIpc) is 2.23. The third-order valence-corrected chi connectivity index (χ3v) is 3.18. The molecule has 0 spiro atoms. The Morgan fingerprint density at radius 2 is 1.94 bits per heavy atom. The van der Waals surface area contributed by atoms with Crippen LogP contribution in [0.2, 0.25) is 0 Å². The van der Waals surface area contributed by atoms with Crippen LogP contribution in [0.15, 0.2) is 0 Å². The van der Waals surface area contributed by atoms with Crippen LogP contribution in [0.4, 0.5) is 13.2 Å². The summed E-state index contributed by atoms with van der Waals surface area (Å²) in [6, 6.07) is 0.447. The summed E-state index contributed by atoms with van der Waals surface area (Å²) in [4.78, 5) is 0. The van der Waals surface area contributed by atoms with E-state index in [9.17, 15) is 13.2 Å². The topological polar surface area (TPSA) is 21.3 Å². The molecule has 1 aliphatic carbocycles. The Bertz CT molecular complexity index is 196. The Morgan fingerprint density at radius 1 is 1.25 bits per heavy atom. The SMILES string of the molecule is CNC1CCCCC1CCOCC(F)(F)F. The first-order valence-corrected chi connectivity index (χ1v) is 5.84. The van der Waals surface area contributed by atoms with Crippen molar-refractivity contribution in [1.82, 2.24) is 5.32 Å². The first-order chi connectivity index (χ1) is 7.53. The molecule has 16 heavy (non-hydrogen) atoms. The van der Waals surface area contributed by atoms with E-state index in [4.69, 9.17) is 0 Å². The Kier molecular flexibility index (Phi) is 5.55. The van der Waals surface area contributed by atoms with Crippen LogP contribution in [0.3, 0.4) is 0 Å². The normalized spacial score (nSPS) is 27.0. The molecule has 0 aromatic heterocycles. The highest BCUT2D eigenvalue weighted by molar-refractivity contribution is 4.79. The van der Waals surface area contributed by atoms with Crippen molar-refractivity contribution in [3.05, 3.63) is 0 Å². The zero-order chi connectivity index (χ0) is 12.0. The number of hydrogen-bond acceptors (Lipinski definition) is 2. The van der Waals surface area contributed by atoms with E-state index in [1.165, 1.54) is 12.8 Å². The van der Waals surface area contributed by atoms with Crippen LogP contribution >= 0.6 is 0 Å². The van der Waals surface area contributed by atoms with Crippen LogP contribution in [-0.2, 0) is 4.74 Å². The summed E-state index contributed by atoms with van der Waals surface area (Å²) in [5.74, 6) is 0.465. The number of rotatable bonds is 5. The molecule has 0 aliphatic heterocycles. The molecule has 96 valence electrons. The molecule has 1 fully saturated rings. The van der Waals surface area contributed by atoms with E-state index in [2.05, 4.69) is 10.1 Å². The summed E-state index contributed by atoms with van der Waals surface area (Å²) in [7, 11) is 1.92. The van der Waals surface area contributed by atoms with Crippen LogP contribution in [0, 0.1) is 5.92 Å². The van der Waals surface area contributed by atoms with E-state index in [1.54, 1.807) is 0 Å². The van der Waals surface area contributed by atoms with Gasteiger partial charge in [-0.2, -0.15) is 13.2 Å². The van der Waals surface area contributed by atoms with E-state index < -0.39 is 12.8 Å². The Labute approximate surface area is 94.5 Å². The summed E-state index contributed by atoms with van der Waals surface area (Å²) in [5.41, 5.74) is 0. The van der Waals surface area contributed by atoms with Crippen molar-refractivity contribution in [2.75, 3.05) is 20.3 Å². The quantitative estimate of drug-likeness (QED) is 0.745. The van der Waals surface area contributed by atoms with E-state index in [0.717, 1.165) is 19.3 Å². The number of hydrogen-bond donors (Lipinski definition) is 1. The van der Waals surface area contributed by atoms with Crippen molar-refractivity contribution in [2.45, 2.75) is 44.3 Å². The third kappa shape index (κ3) is 5.16. The minimum absolute atomic E-state index is 0.211. The van der Waals surface area contributed by atoms with E-state index in [0.29, 0.717) is 12.0 Å². The Balaban J connectivity index is 2.15. The number of ether oxygens (including phenoxy) is 1. The van der Waals surface area contributed by atoms with Crippen molar-refractivity contribution < 1.29 is 17.9 Å². The van der Waals surface area contributed by atoms with Crippen LogP contribution in [-0.4, -0.2) is 32.5 Å². The summed E-state index contributed by atoms with van der Waals surface area (Å²) >= 11 is 0. The van der Waals surface area contributed by atoms with Crippen LogP contribution in [0.5, 0.6) is 0 Å². The van der Waals surface area contributed by atoms with Gasteiger partial charge in [0, 0.05) is 12.6 Å². The molecule has 1 rings (SSSR count). The van der Waals surface area contributed by atoms with Gasteiger partial charge in [0.15, 0.2) is 0 Å². The molecule has 2 unspecified atom stereocenters. The zero-order valence-corrected chi connectivity index (χ0v) is 9.65. The average molecular weight is 239 g/mol. The standard InChI is InChI=1S/C11H20F3NO/c1-15-10-5-3-2-4-9(10)6-7-16-8-11(12,13)14/h9-10,15H,2-8H2,1H3. The van der Waals surface area contributed by atoms with Crippen molar-refractivity contribution in [1.29, 1.82) is 0 Å². The molecule has 2 atom stereocenters. The van der Waals surface area contributed by atoms with Gasteiger partial charge in [0.25, 0.3) is 0 Å². The van der Waals surface area contributed by atoms with Crippen molar-refractivity contribution in [3.63, 3.8) is 0 Å². The lowest BCUT2D eigenvalue weighted by atomic mass is 9.83. The first-order valence-electron chi connectivity index (χ1n) is 5.84. The van der Waals surface area contributed by atoms with Gasteiger partial charge in [-0.05, 0) is 32.2 Å². The summed E-state index contributed by atoms with van der Waals surface area (Å²) < 4.78 is 40.1. The maximum Gasteiger partial charge on any atom is 0.411 e. The minimum Gasteiger partial charge on any atom is -0.372 e. The monoisotopic (exact) mass is 239 g/mol.